The number of hydrogen-bond donors (Lipinski definition) is 1. The summed E-state index contributed by atoms with van der Waals surface area (Å²) in [6.07, 6.45) is 4.70. The predicted octanol–water partition coefficient (Wildman–Crippen LogP) is 4.35. The van der Waals surface area contributed by atoms with E-state index in [1.165, 1.54) is 31.6 Å². The molecule has 2 heterocycles. The van der Waals surface area contributed by atoms with Gasteiger partial charge in [-0.3, -0.25) is 0 Å². The molecule has 112 valence electrons. The topological polar surface area (TPSA) is 28.4 Å². The largest absolute Gasteiger partial charge is 0.463 e. The summed E-state index contributed by atoms with van der Waals surface area (Å²) < 4.78 is 5.78. The first-order valence-electron chi connectivity index (χ1n) is 7.50. The second-order valence-corrected chi connectivity index (χ2v) is 6.27. The Morgan fingerprint density at radius 3 is 2.76 bits per heavy atom. The molecule has 2 aromatic rings. The fourth-order valence-electron chi connectivity index (χ4n) is 2.71. The van der Waals surface area contributed by atoms with Crippen molar-refractivity contribution in [2.45, 2.75) is 25.1 Å². The fraction of sp³-hybridized carbons (Fsp3) is 0.412. The molecule has 4 heteroatoms. The van der Waals surface area contributed by atoms with Crippen LogP contribution in [0, 0.1) is 0 Å². The van der Waals surface area contributed by atoms with E-state index in [1.807, 2.05) is 0 Å². The minimum atomic E-state index is 0.734. The maximum atomic E-state index is 5.78. The minimum Gasteiger partial charge on any atom is -0.463 e. The van der Waals surface area contributed by atoms with E-state index in [0.29, 0.717) is 0 Å². The number of benzene rings is 1. The Kier molecular flexibility index (Phi) is 4.76. The molecule has 0 bridgehead atoms. The van der Waals surface area contributed by atoms with E-state index in [0.717, 1.165) is 29.5 Å². The average molecular weight is 302 g/mol. The minimum absolute atomic E-state index is 0.734. The maximum Gasteiger partial charge on any atom is 0.123 e. The summed E-state index contributed by atoms with van der Waals surface area (Å²) in [5.74, 6) is 2.97. The Morgan fingerprint density at radius 1 is 1.14 bits per heavy atom. The monoisotopic (exact) mass is 302 g/mol. The number of anilines is 2. The summed E-state index contributed by atoms with van der Waals surface area (Å²) in [6, 6.07) is 12.8. The van der Waals surface area contributed by atoms with Gasteiger partial charge in [-0.2, -0.15) is 11.8 Å². The van der Waals surface area contributed by atoms with Crippen molar-refractivity contribution in [1.82, 2.24) is 0 Å². The summed E-state index contributed by atoms with van der Waals surface area (Å²) in [7, 11) is 0. The molecule has 1 fully saturated rings. The van der Waals surface area contributed by atoms with Gasteiger partial charge in [0.15, 0.2) is 0 Å². The number of furan rings is 1. The second-order valence-electron chi connectivity index (χ2n) is 5.40. The first kappa shape index (κ1) is 14.4. The number of rotatable bonds is 6. The Morgan fingerprint density at radius 2 is 1.95 bits per heavy atom. The highest BCUT2D eigenvalue weighted by Gasteiger charge is 2.12. The van der Waals surface area contributed by atoms with Gasteiger partial charge in [0.1, 0.15) is 11.5 Å². The van der Waals surface area contributed by atoms with E-state index in [1.54, 1.807) is 11.8 Å². The molecule has 1 aliphatic heterocycles. The normalized spacial score (nSPS) is 14.6. The summed E-state index contributed by atoms with van der Waals surface area (Å²) in [4.78, 5) is 2.45. The predicted molar refractivity (Wildman–Crippen MR) is 91.1 cm³/mol. The molecule has 1 aliphatic rings. The first-order chi connectivity index (χ1) is 10.3. The van der Waals surface area contributed by atoms with Gasteiger partial charge in [0.25, 0.3) is 0 Å². The molecular weight excluding hydrogens is 280 g/mol. The second kappa shape index (κ2) is 6.94. The van der Waals surface area contributed by atoms with Gasteiger partial charge in [-0.25, -0.2) is 0 Å². The Balaban J connectivity index is 1.60. The molecule has 0 atom stereocenters. The van der Waals surface area contributed by atoms with Gasteiger partial charge in [-0.05, 0) is 49.4 Å². The van der Waals surface area contributed by atoms with E-state index < -0.39 is 0 Å². The number of hydrogen-bond acceptors (Lipinski definition) is 4. The van der Waals surface area contributed by atoms with E-state index in [9.17, 15) is 0 Å². The third-order valence-electron chi connectivity index (χ3n) is 3.79. The Bertz CT molecular complexity index is 576. The zero-order valence-electron chi connectivity index (χ0n) is 12.5. The van der Waals surface area contributed by atoms with Gasteiger partial charge in [-0.15, -0.1) is 0 Å². The van der Waals surface area contributed by atoms with E-state index in [-0.39, 0.29) is 0 Å². The van der Waals surface area contributed by atoms with E-state index >= 15 is 0 Å². The summed E-state index contributed by atoms with van der Waals surface area (Å²) in [6.45, 7) is 3.09. The van der Waals surface area contributed by atoms with Gasteiger partial charge in [0, 0.05) is 24.5 Å². The number of thioether (sulfide) groups is 1. The van der Waals surface area contributed by atoms with Crippen molar-refractivity contribution >= 4 is 23.1 Å². The van der Waals surface area contributed by atoms with E-state index in [2.05, 4.69) is 52.9 Å². The summed E-state index contributed by atoms with van der Waals surface area (Å²) >= 11 is 1.78. The Labute approximate surface area is 130 Å². The van der Waals surface area contributed by atoms with Crippen LogP contribution in [0.4, 0.5) is 11.4 Å². The molecule has 0 saturated carbocycles. The lowest BCUT2D eigenvalue weighted by molar-refractivity contribution is 0.487. The molecule has 0 spiro atoms. The standard InChI is InChI=1S/C17H22N2OS/c1-21-13-17-8-7-16(20-17)12-18-14-5-4-6-15(11-14)19-9-2-3-10-19/h4-8,11,18H,2-3,9-10,12-13H2,1H3. The van der Waals surface area contributed by atoms with Crippen molar-refractivity contribution in [3.63, 3.8) is 0 Å². The molecule has 21 heavy (non-hydrogen) atoms. The van der Waals surface area contributed by atoms with Crippen LogP contribution in [0.1, 0.15) is 24.4 Å². The van der Waals surface area contributed by atoms with Crippen LogP contribution < -0.4 is 10.2 Å². The van der Waals surface area contributed by atoms with Gasteiger partial charge in [0.2, 0.25) is 0 Å². The molecule has 1 aromatic heterocycles. The van der Waals surface area contributed by atoms with Crippen molar-refractivity contribution in [2.75, 3.05) is 29.6 Å². The highest BCUT2D eigenvalue weighted by atomic mass is 32.2. The zero-order chi connectivity index (χ0) is 14.5. The lowest BCUT2D eigenvalue weighted by Crippen LogP contribution is -2.17. The van der Waals surface area contributed by atoms with Crippen LogP contribution in [-0.4, -0.2) is 19.3 Å². The van der Waals surface area contributed by atoms with Gasteiger partial charge < -0.3 is 14.6 Å². The number of nitrogens with zero attached hydrogens (tertiary/aromatic N) is 1. The summed E-state index contributed by atoms with van der Waals surface area (Å²) in [5, 5.41) is 3.45. The highest BCUT2D eigenvalue weighted by molar-refractivity contribution is 7.97. The van der Waals surface area contributed by atoms with Crippen LogP contribution >= 0.6 is 11.8 Å². The maximum absolute atomic E-state index is 5.78. The van der Waals surface area contributed by atoms with Crippen LogP contribution in [0.25, 0.3) is 0 Å². The van der Waals surface area contributed by atoms with Crippen LogP contribution in [0.3, 0.4) is 0 Å². The SMILES string of the molecule is CSCc1ccc(CNc2cccc(N3CCCC3)c2)o1. The molecule has 3 nitrogen and oxygen atoms in total. The highest BCUT2D eigenvalue weighted by Crippen LogP contribution is 2.24. The van der Waals surface area contributed by atoms with Gasteiger partial charge in [-0.1, -0.05) is 6.07 Å². The van der Waals surface area contributed by atoms with Crippen LogP contribution in [-0.2, 0) is 12.3 Å². The smallest absolute Gasteiger partial charge is 0.123 e. The number of nitrogens with one attached hydrogen (secondary N) is 1. The lowest BCUT2D eigenvalue weighted by Gasteiger charge is -2.18. The van der Waals surface area contributed by atoms with Crippen LogP contribution in [0.2, 0.25) is 0 Å². The van der Waals surface area contributed by atoms with Crippen molar-refractivity contribution in [1.29, 1.82) is 0 Å². The summed E-state index contributed by atoms with van der Waals surface area (Å²) in [5.41, 5.74) is 2.47. The van der Waals surface area contributed by atoms with Crippen molar-refractivity contribution in [2.24, 2.45) is 0 Å². The van der Waals surface area contributed by atoms with Crippen LogP contribution in [0.5, 0.6) is 0 Å². The molecule has 1 aromatic carbocycles. The molecule has 0 unspecified atom stereocenters. The van der Waals surface area contributed by atoms with Gasteiger partial charge in [0.05, 0.1) is 12.3 Å². The third-order valence-corrected chi connectivity index (χ3v) is 4.36. The molecule has 1 saturated heterocycles. The zero-order valence-corrected chi connectivity index (χ0v) is 13.3. The lowest BCUT2D eigenvalue weighted by atomic mass is 10.2. The van der Waals surface area contributed by atoms with Crippen molar-refractivity contribution in [3.05, 3.63) is 47.9 Å². The molecule has 1 N–H and O–H groups in total. The molecule has 0 radical (unpaired) electrons. The van der Waals surface area contributed by atoms with Crippen molar-refractivity contribution < 1.29 is 4.42 Å². The average Bonchev–Trinajstić information content (AvgIpc) is 3.18. The van der Waals surface area contributed by atoms with Crippen LogP contribution in [0.15, 0.2) is 40.8 Å². The molecule has 3 rings (SSSR count). The first-order valence-corrected chi connectivity index (χ1v) is 8.90. The Hall–Kier alpha value is -1.55. The molecule has 0 amide bonds. The van der Waals surface area contributed by atoms with Gasteiger partial charge >= 0.3 is 0 Å². The van der Waals surface area contributed by atoms with E-state index in [4.69, 9.17) is 4.42 Å². The third kappa shape index (κ3) is 3.76. The molecular formula is C17H22N2OS. The quantitative estimate of drug-likeness (QED) is 0.858. The fourth-order valence-corrected chi connectivity index (χ4v) is 3.15. The van der Waals surface area contributed by atoms with Crippen molar-refractivity contribution in [3.8, 4) is 0 Å². The molecule has 0 aliphatic carbocycles.